The van der Waals surface area contributed by atoms with Crippen LogP contribution in [-0.4, -0.2) is 30.2 Å². The molecule has 0 amide bonds. The van der Waals surface area contributed by atoms with Crippen molar-refractivity contribution in [1.82, 2.24) is 30.2 Å². The fourth-order valence-corrected chi connectivity index (χ4v) is 5.18. The maximum atomic E-state index is 6.28. The minimum absolute atomic E-state index is 0.614. The number of anilines is 1. The van der Waals surface area contributed by atoms with Crippen LogP contribution in [0.4, 0.5) is 5.82 Å². The van der Waals surface area contributed by atoms with Crippen molar-refractivity contribution in [3.8, 4) is 0 Å². The first kappa shape index (κ1) is 15.8. The van der Waals surface area contributed by atoms with Crippen LogP contribution in [0.25, 0.3) is 10.2 Å². The van der Waals surface area contributed by atoms with Crippen molar-refractivity contribution in [3.05, 3.63) is 16.3 Å². The number of nitrogens with zero attached hydrogens (tertiary/aromatic N) is 6. The summed E-state index contributed by atoms with van der Waals surface area (Å²) < 4.78 is 1.76. The van der Waals surface area contributed by atoms with Crippen molar-refractivity contribution in [3.63, 3.8) is 0 Å². The predicted molar refractivity (Wildman–Crippen MR) is 96.1 cm³/mol. The van der Waals surface area contributed by atoms with E-state index in [2.05, 4.69) is 20.5 Å². The molecule has 0 radical (unpaired) electrons. The third-order valence-corrected chi connectivity index (χ3v) is 6.41. The molecular formula is C15H19N7S2. The molecule has 4 rings (SSSR count). The first-order valence-electron chi connectivity index (χ1n) is 8.22. The molecule has 0 unspecified atom stereocenters. The van der Waals surface area contributed by atoms with Crippen LogP contribution in [0.5, 0.6) is 0 Å². The van der Waals surface area contributed by atoms with Gasteiger partial charge in [-0.05, 0) is 48.6 Å². The Labute approximate surface area is 148 Å². The van der Waals surface area contributed by atoms with Crippen molar-refractivity contribution in [1.29, 1.82) is 0 Å². The number of tetrazole rings is 1. The third-order valence-electron chi connectivity index (χ3n) is 4.27. The summed E-state index contributed by atoms with van der Waals surface area (Å²) in [5.41, 5.74) is 7.67. The molecule has 0 fully saturated rings. The minimum atomic E-state index is 0.614. The predicted octanol–water partition coefficient (Wildman–Crippen LogP) is 2.84. The molecule has 0 bridgehead atoms. The van der Waals surface area contributed by atoms with Crippen LogP contribution < -0.4 is 5.73 Å². The van der Waals surface area contributed by atoms with Crippen LogP contribution in [0.1, 0.15) is 42.5 Å². The topological polar surface area (TPSA) is 95.4 Å². The highest BCUT2D eigenvalue weighted by atomic mass is 32.2. The Kier molecular flexibility index (Phi) is 4.36. The Morgan fingerprint density at radius 2 is 2.08 bits per heavy atom. The van der Waals surface area contributed by atoms with E-state index in [9.17, 15) is 0 Å². The molecule has 0 saturated carbocycles. The number of hydrogen-bond donors (Lipinski definition) is 1. The molecule has 3 heterocycles. The third kappa shape index (κ3) is 2.86. The lowest BCUT2D eigenvalue weighted by Gasteiger charge is -2.04. The van der Waals surface area contributed by atoms with Crippen LogP contribution in [0.15, 0.2) is 5.16 Å². The van der Waals surface area contributed by atoms with Gasteiger partial charge in [-0.2, -0.15) is 0 Å². The van der Waals surface area contributed by atoms with Crippen molar-refractivity contribution in [2.45, 2.75) is 56.5 Å². The molecule has 0 atom stereocenters. The second-order valence-electron chi connectivity index (χ2n) is 5.84. The molecule has 1 aliphatic rings. The molecule has 3 aromatic rings. The first-order valence-corrected chi connectivity index (χ1v) is 10.0. The van der Waals surface area contributed by atoms with Crippen LogP contribution in [0.2, 0.25) is 0 Å². The maximum Gasteiger partial charge on any atom is 0.209 e. The van der Waals surface area contributed by atoms with E-state index in [-0.39, 0.29) is 0 Å². The molecule has 126 valence electrons. The number of nitrogens with two attached hydrogens (primary N) is 1. The Morgan fingerprint density at radius 1 is 1.21 bits per heavy atom. The Bertz CT molecular complexity index is 870. The quantitative estimate of drug-likeness (QED) is 0.564. The molecule has 1 aliphatic carbocycles. The number of fused-ring (bicyclic) bond motifs is 3. The number of nitrogen functional groups attached to an aromatic ring is 1. The Balaban J connectivity index is 1.63. The van der Waals surface area contributed by atoms with E-state index in [4.69, 9.17) is 10.7 Å². The second kappa shape index (κ2) is 6.64. The van der Waals surface area contributed by atoms with Gasteiger partial charge in [0.2, 0.25) is 5.16 Å². The molecule has 0 aliphatic heterocycles. The number of thiophene rings is 1. The average Bonchev–Trinajstić information content (AvgIpc) is 3.11. The van der Waals surface area contributed by atoms with E-state index in [1.165, 1.54) is 41.5 Å². The molecule has 3 aromatic heterocycles. The summed E-state index contributed by atoms with van der Waals surface area (Å²) in [5, 5.41) is 13.5. The van der Waals surface area contributed by atoms with E-state index in [1.807, 2.05) is 6.92 Å². The van der Waals surface area contributed by atoms with E-state index >= 15 is 0 Å². The zero-order valence-electron chi connectivity index (χ0n) is 13.5. The van der Waals surface area contributed by atoms with Crippen LogP contribution >= 0.6 is 23.1 Å². The van der Waals surface area contributed by atoms with Gasteiger partial charge in [0.1, 0.15) is 16.5 Å². The first-order chi connectivity index (χ1) is 11.8. The van der Waals surface area contributed by atoms with Crippen LogP contribution in [0.3, 0.4) is 0 Å². The Morgan fingerprint density at radius 3 is 2.96 bits per heavy atom. The highest BCUT2D eigenvalue weighted by Crippen LogP contribution is 2.37. The van der Waals surface area contributed by atoms with Crippen LogP contribution in [-0.2, 0) is 25.1 Å². The van der Waals surface area contributed by atoms with E-state index in [0.717, 1.165) is 40.6 Å². The molecule has 0 saturated heterocycles. The molecule has 24 heavy (non-hydrogen) atoms. The van der Waals surface area contributed by atoms with Gasteiger partial charge in [-0.1, -0.05) is 18.2 Å². The monoisotopic (exact) mass is 361 g/mol. The minimum Gasteiger partial charge on any atom is -0.383 e. The smallest absolute Gasteiger partial charge is 0.209 e. The molecule has 7 nitrogen and oxygen atoms in total. The van der Waals surface area contributed by atoms with E-state index in [0.29, 0.717) is 11.6 Å². The van der Waals surface area contributed by atoms with Gasteiger partial charge in [0.15, 0.2) is 0 Å². The lowest BCUT2D eigenvalue weighted by Crippen LogP contribution is -2.02. The lowest BCUT2D eigenvalue weighted by molar-refractivity contribution is 0.581. The van der Waals surface area contributed by atoms with E-state index < -0.39 is 0 Å². The molecular weight excluding hydrogens is 342 g/mol. The van der Waals surface area contributed by atoms with Gasteiger partial charge in [-0.25, -0.2) is 14.6 Å². The summed E-state index contributed by atoms with van der Waals surface area (Å²) >= 11 is 3.32. The zero-order valence-corrected chi connectivity index (χ0v) is 15.2. The number of hydrogen-bond acceptors (Lipinski definition) is 8. The van der Waals surface area contributed by atoms with Crippen molar-refractivity contribution in [2.24, 2.45) is 0 Å². The molecule has 9 heteroatoms. The molecule has 0 spiro atoms. The molecule has 2 N–H and O–H groups in total. The number of rotatable bonds is 4. The van der Waals surface area contributed by atoms with Crippen molar-refractivity contribution < 1.29 is 0 Å². The lowest BCUT2D eigenvalue weighted by atomic mass is 10.1. The highest BCUT2D eigenvalue weighted by molar-refractivity contribution is 7.98. The fourth-order valence-electron chi connectivity index (χ4n) is 3.10. The number of aryl methyl sites for hydroxylation is 3. The van der Waals surface area contributed by atoms with Gasteiger partial charge in [0, 0.05) is 11.4 Å². The zero-order chi connectivity index (χ0) is 16.5. The van der Waals surface area contributed by atoms with Gasteiger partial charge in [0.25, 0.3) is 0 Å². The number of thioether (sulfide) groups is 1. The summed E-state index contributed by atoms with van der Waals surface area (Å²) in [7, 11) is 0. The average molecular weight is 362 g/mol. The summed E-state index contributed by atoms with van der Waals surface area (Å²) in [5.74, 6) is 1.97. The van der Waals surface area contributed by atoms with Crippen molar-refractivity contribution in [2.75, 3.05) is 5.73 Å². The Hall–Kier alpha value is -1.74. The SMILES string of the molecule is CCn1nnnc1SCc1nc(N)c2c3c(sc2n1)CCCCC3. The highest BCUT2D eigenvalue weighted by Gasteiger charge is 2.19. The van der Waals surface area contributed by atoms with Gasteiger partial charge >= 0.3 is 0 Å². The summed E-state index contributed by atoms with van der Waals surface area (Å²) in [4.78, 5) is 11.8. The van der Waals surface area contributed by atoms with Gasteiger partial charge in [0.05, 0.1) is 11.1 Å². The normalized spacial score (nSPS) is 14.7. The van der Waals surface area contributed by atoms with Crippen LogP contribution in [0, 0.1) is 0 Å². The standard InChI is InChI=1S/C15H19N7S2/c1-2-22-15(19-20-21-22)23-8-11-17-13(16)12-9-6-4-3-5-7-10(9)24-14(12)18-11/h2-8H2,1H3,(H2,16,17,18). The summed E-state index contributed by atoms with van der Waals surface area (Å²) in [6.07, 6.45) is 6.03. The van der Waals surface area contributed by atoms with E-state index in [1.54, 1.807) is 16.0 Å². The van der Waals surface area contributed by atoms with Crippen molar-refractivity contribution >= 4 is 39.1 Å². The maximum absolute atomic E-state index is 6.28. The number of aromatic nitrogens is 6. The van der Waals surface area contributed by atoms with Gasteiger partial charge < -0.3 is 5.73 Å². The largest absolute Gasteiger partial charge is 0.383 e. The summed E-state index contributed by atoms with van der Waals surface area (Å²) in [6, 6.07) is 0. The van der Waals surface area contributed by atoms with Gasteiger partial charge in [-0.3, -0.25) is 0 Å². The second-order valence-corrected chi connectivity index (χ2v) is 7.86. The fraction of sp³-hybridized carbons (Fsp3) is 0.533. The summed E-state index contributed by atoms with van der Waals surface area (Å²) in [6.45, 7) is 2.76. The van der Waals surface area contributed by atoms with Gasteiger partial charge in [-0.15, -0.1) is 16.4 Å². The molecule has 0 aromatic carbocycles.